The standard InChI is InChI=1S/C28H24INO3/c1-2-32-27-17-10-22(28(31)30-25-13-11-24(29)12-14-25)18-23(27)19-33-26-15-8-21(9-16-26)20-6-4-3-5-7-20/h3-18H,2,19H2,1H3,(H,30,31). The number of halogens is 1. The first-order valence-corrected chi connectivity index (χ1v) is 11.8. The van der Waals surface area contributed by atoms with E-state index in [1.54, 1.807) is 6.07 Å². The Kier molecular flexibility index (Phi) is 7.62. The van der Waals surface area contributed by atoms with Crippen LogP contribution in [0, 0.1) is 3.57 Å². The first kappa shape index (κ1) is 22.9. The molecule has 4 nitrogen and oxygen atoms in total. The van der Waals surface area contributed by atoms with Crippen LogP contribution < -0.4 is 14.8 Å². The largest absolute Gasteiger partial charge is 0.493 e. The average molecular weight is 549 g/mol. The lowest BCUT2D eigenvalue weighted by molar-refractivity contribution is 0.102. The monoisotopic (exact) mass is 549 g/mol. The van der Waals surface area contributed by atoms with E-state index in [4.69, 9.17) is 9.47 Å². The molecular formula is C28H24INO3. The van der Waals surface area contributed by atoms with Crippen molar-refractivity contribution in [3.8, 4) is 22.6 Å². The topological polar surface area (TPSA) is 47.6 Å². The van der Waals surface area contributed by atoms with Crippen molar-refractivity contribution in [1.29, 1.82) is 0 Å². The molecule has 1 N–H and O–H groups in total. The van der Waals surface area contributed by atoms with E-state index in [0.29, 0.717) is 24.5 Å². The van der Waals surface area contributed by atoms with Crippen molar-refractivity contribution in [2.75, 3.05) is 11.9 Å². The Morgan fingerprint density at radius 1 is 0.818 bits per heavy atom. The smallest absolute Gasteiger partial charge is 0.255 e. The molecule has 0 aliphatic heterocycles. The number of hydrogen-bond donors (Lipinski definition) is 1. The van der Waals surface area contributed by atoms with Gasteiger partial charge in [-0.3, -0.25) is 4.79 Å². The number of ether oxygens (including phenoxy) is 2. The normalized spacial score (nSPS) is 10.5. The summed E-state index contributed by atoms with van der Waals surface area (Å²) in [6, 6.07) is 31.3. The van der Waals surface area contributed by atoms with Gasteiger partial charge in [0.15, 0.2) is 0 Å². The highest BCUT2D eigenvalue weighted by atomic mass is 127. The lowest BCUT2D eigenvalue weighted by Gasteiger charge is -2.14. The molecule has 33 heavy (non-hydrogen) atoms. The summed E-state index contributed by atoms with van der Waals surface area (Å²) in [5.41, 5.74) is 4.42. The van der Waals surface area contributed by atoms with Gasteiger partial charge in [0.1, 0.15) is 18.1 Å². The summed E-state index contributed by atoms with van der Waals surface area (Å²) in [5.74, 6) is 1.29. The third-order valence-corrected chi connectivity index (χ3v) is 5.80. The van der Waals surface area contributed by atoms with E-state index in [-0.39, 0.29) is 5.91 Å². The van der Waals surface area contributed by atoms with E-state index in [9.17, 15) is 4.79 Å². The van der Waals surface area contributed by atoms with Crippen molar-refractivity contribution in [1.82, 2.24) is 0 Å². The Balaban J connectivity index is 1.47. The number of rotatable bonds is 8. The van der Waals surface area contributed by atoms with E-state index in [1.165, 1.54) is 0 Å². The summed E-state index contributed by atoms with van der Waals surface area (Å²) in [5, 5.41) is 2.94. The van der Waals surface area contributed by atoms with E-state index in [1.807, 2.05) is 85.8 Å². The molecule has 166 valence electrons. The quantitative estimate of drug-likeness (QED) is 0.237. The van der Waals surface area contributed by atoms with Gasteiger partial charge in [0.2, 0.25) is 0 Å². The van der Waals surface area contributed by atoms with Crippen LogP contribution in [0.5, 0.6) is 11.5 Å². The fourth-order valence-corrected chi connectivity index (χ4v) is 3.76. The third-order valence-electron chi connectivity index (χ3n) is 5.08. The predicted octanol–water partition coefficient (Wildman–Crippen LogP) is 7.19. The van der Waals surface area contributed by atoms with Crippen molar-refractivity contribution in [2.24, 2.45) is 0 Å². The van der Waals surface area contributed by atoms with Gasteiger partial charge in [-0.1, -0.05) is 42.5 Å². The maximum absolute atomic E-state index is 12.8. The van der Waals surface area contributed by atoms with Crippen molar-refractivity contribution in [3.63, 3.8) is 0 Å². The summed E-state index contributed by atoms with van der Waals surface area (Å²) < 4.78 is 12.9. The van der Waals surface area contributed by atoms with Gasteiger partial charge in [-0.05, 0) is 95.2 Å². The molecule has 5 heteroatoms. The van der Waals surface area contributed by atoms with Gasteiger partial charge in [-0.2, -0.15) is 0 Å². The van der Waals surface area contributed by atoms with Gasteiger partial charge in [0, 0.05) is 20.4 Å². The molecule has 0 aliphatic carbocycles. The molecule has 0 atom stereocenters. The molecule has 0 saturated carbocycles. The van der Waals surface area contributed by atoms with Crippen LogP contribution in [-0.4, -0.2) is 12.5 Å². The highest BCUT2D eigenvalue weighted by Crippen LogP contribution is 2.26. The lowest BCUT2D eigenvalue weighted by Crippen LogP contribution is -2.13. The van der Waals surface area contributed by atoms with Crippen LogP contribution >= 0.6 is 22.6 Å². The van der Waals surface area contributed by atoms with Crippen molar-refractivity contribution < 1.29 is 14.3 Å². The summed E-state index contributed by atoms with van der Waals surface area (Å²) in [6.45, 7) is 2.77. The summed E-state index contributed by atoms with van der Waals surface area (Å²) in [7, 11) is 0. The van der Waals surface area contributed by atoms with Crippen molar-refractivity contribution in [3.05, 3.63) is 112 Å². The SMILES string of the molecule is CCOc1ccc(C(=O)Nc2ccc(I)cc2)cc1COc1ccc(-c2ccccc2)cc1. The van der Waals surface area contributed by atoms with Gasteiger partial charge in [-0.15, -0.1) is 0 Å². The average Bonchev–Trinajstić information content (AvgIpc) is 2.86. The molecule has 4 aromatic carbocycles. The molecular weight excluding hydrogens is 525 g/mol. The van der Waals surface area contributed by atoms with E-state index in [2.05, 4.69) is 40.0 Å². The maximum atomic E-state index is 12.8. The van der Waals surface area contributed by atoms with E-state index in [0.717, 1.165) is 31.7 Å². The van der Waals surface area contributed by atoms with Crippen LogP contribution in [0.1, 0.15) is 22.8 Å². The zero-order chi connectivity index (χ0) is 23.0. The zero-order valence-corrected chi connectivity index (χ0v) is 20.4. The van der Waals surface area contributed by atoms with Crippen LogP contribution in [0.2, 0.25) is 0 Å². The predicted molar refractivity (Wildman–Crippen MR) is 141 cm³/mol. The highest BCUT2D eigenvalue weighted by molar-refractivity contribution is 14.1. The third kappa shape index (κ3) is 6.14. The minimum Gasteiger partial charge on any atom is -0.493 e. The molecule has 0 unspecified atom stereocenters. The van der Waals surface area contributed by atoms with Crippen molar-refractivity contribution >= 4 is 34.2 Å². The fourth-order valence-electron chi connectivity index (χ4n) is 3.40. The molecule has 0 fully saturated rings. The Hall–Kier alpha value is -3.32. The summed E-state index contributed by atoms with van der Waals surface area (Å²) >= 11 is 2.24. The molecule has 4 rings (SSSR count). The van der Waals surface area contributed by atoms with E-state index < -0.39 is 0 Å². The molecule has 4 aromatic rings. The molecule has 0 heterocycles. The van der Waals surface area contributed by atoms with Gasteiger partial charge >= 0.3 is 0 Å². The highest BCUT2D eigenvalue weighted by Gasteiger charge is 2.12. The second-order valence-corrected chi connectivity index (χ2v) is 8.64. The number of carbonyl (C=O) groups excluding carboxylic acids is 1. The maximum Gasteiger partial charge on any atom is 0.255 e. The number of hydrogen-bond acceptors (Lipinski definition) is 3. The Morgan fingerprint density at radius 2 is 1.52 bits per heavy atom. The van der Waals surface area contributed by atoms with Gasteiger partial charge in [0.05, 0.1) is 6.61 Å². The van der Waals surface area contributed by atoms with Crippen LogP contribution in [0.15, 0.2) is 97.1 Å². The number of amides is 1. The molecule has 0 aromatic heterocycles. The lowest BCUT2D eigenvalue weighted by atomic mass is 10.1. The molecule has 0 spiro atoms. The number of nitrogens with one attached hydrogen (secondary N) is 1. The molecule has 0 saturated heterocycles. The van der Waals surface area contributed by atoms with Gasteiger partial charge in [-0.25, -0.2) is 0 Å². The van der Waals surface area contributed by atoms with Crippen LogP contribution in [0.3, 0.4) is 0 Å². The molecule has 0 radical (unpaired) electrons. The fraction of sp³-hybridized carbons (Fsp3) is 0.107. The molecule has 0 aliphatic rings. The van der Waals surface area contributed by atoms with Crippen molar-refractivity contribution in [2.45, 2.75) is 13.5 Å². The first-order valence-electron chi connectivity index (χ1n) is 10.7. The minimum absolute atomic E-state index is 0.173. The van der Waals surface area contributed by atoms with Gasteiger partial charge < -0.3 is 14.8 Å². The number of benzene rings is 4. The van der Waals surface area contributed by atoms with Crippen LogP contribution in [-0.2, 0) is 6.61 Å². The zero-order valence-electron chi connectivity index (χ0n) is 18.3. The Bertz CT molecular complexity index is 1210. The first-order chi connectivity index (χ1) is 16.1. The summed E-state index contributed by atoms with van der Waals surface area (Å²) in [4.78, 5) is 12.8. The minimum atomic E-state index is -0.173. The number of anilines is 1. The second-order valence-electron chi connectivity index (χ2n) is 7.40. The number of carbonyl (C=O) groups is 1. The van der Waals surface area contributed by atoms with Crippen LogP contribution in [0.4, 0.5) is 5.69 Å². The Morgan fingerprint density at radius 3 is 2.21 bits per heavy atom. The van der Waals surface area contributed by atoms with Gasteiger partial charge in [0.25, 0.3) is 5.91 Å². The van der Waals surface area contributed by atoms with Crippen LogP contribution in [0.25, 0.3) is 11.1 Å². The summed E-state index contributed by atoms with van der Waals surface area (Å²) in [6.07, 6.45) is 0. The Labute approximate surface area is 207 Å². The molecule has 0 bridgehead atoms. The molecule has 1 amide bonds. The van der Waals surface area contributed by atoms with E-state index >= 15 is 0 Å². The second kappa shape index (κ2) is 11.0.